The first kappa shape index (κ1) is 11.4. The number of halogens is 2. The summed E-state index contributed by atoms with van der Waals surface area (Å²) >= 11 is 11.9. The summed E-state index contributed by atoms with van der Waals surface area (Å²) in [7, 11) is 0. The van der Waals surface area contributed by atoms with Crippen molar-refractivity contribution in [1.29, 1.82) is 0 Å². The molecule has 2 rings (SSSR count). The van der Waals surface area contributed by atoms with Gasteiger partial charge in [-0.05, 0) is 25.0 Å². The molecule has 84 valence electrons. The van der Waals surface area contributed by atoms with Crippen LogP contribution in [-0.2, 0) is 4.79 Å². The topological polar surface area (TPSA) is 41.5 Å². The molecule has 1 saturated carbocycles. The fourth-order valence-electron chi connectivity index (χ4n) is 1.23. The minimum Gasteiger partial charge on any atom is -0.273 e. The van der Waals surface area contributed by atoms with Crippen LogP contribution in [0.15, 0.2) is 23.3 Å². The van der Waals surface area contributed by atoms with Crippen LogP contribution in [0.3, 0.4) is 0 Å². The minimum absolute atomic E-state index is 0.0422. The number of carbonyl (C=O) groups is 1. The second-order valence-corrected chi connectivity index (χ2v) is 4.46. The van der Waals surface area contributed by atoms with Crippen LogP contribution in [-0.4, -0.2) is 12.1 Å². The number of hydrogen-bond acceptors (Lipinski definition) is 2. The van der Waals surface area contributed by atoms with Gasteiger partial charge >= 0.3 is 0 Å². The molecule has 0 aromatic heterocycles. The Balaban J connectivity index is 2.02. The Morgan fingerprint density at radius 2 is 2.00 bits per heavy atom. The molecule has 1 aliphatic carbocycles. The molecule has 1 N–H and O–H groups in total. The Morgan fingerprint density at radius 3 is 2.56 bits per heavy atom. The van der Waals surface area contributed by atoms with Crippen molar-refractivity contribution in [3.63, 3.8) is 0 Å². The molecule has 5 heteroatoms. The third kappa shape index (κ3) is 2.74. The van der Waals surface area contributed by atoms with Crippen molar-refractivity contribution >= 4 is 35.3 Å². The summed E-state index contributed by atoms with van der Waals surface area (Å²) in [6.45, 7) is 0. The van der Waals surface area contributed by atoms with E-state index >= 15 is 0 Å². The van der Waals surface area contributed by atoms with Crippen molar-refractivity contribution in [3.05, 3.63) is 33.8 Å². The van der Waals surface area contributed by atoms with Gasteiger partial charge in [0.15, 0.2) is 0 Å². The molecular weight excluding hydrogens is 247 g/mol. The van der Waals surface area contributed by atoms with Gasteiger partial charge in [0.1, 0.15) is 0 Å². The highest BCUT2D eigenvalue weighted by Gasteiger charge is 2.29. The lowest BCUT2D eigenvalue weighted by Gasteiger charge is -2.00. The molecular formula is C11H10Cl2N2O. The van der Waals surface area contributed by atoms with Crippen LogP contribution >= 0.6 is 23.2 Å². The van der Waals surface area contributed by atoms with Gasteiger partial charge in [-0.15, -0.1) is 0 Å². The lowest BCUT2D eigenvalue weighted by atomic mass is 10.2. The van der Waals surface area contributed by atoms with E-state index in [2.05, 4.69) is 10.5 Å². The van der Waals surface area contributed by atoms with Crippen molar-refractivity contribution in [2.75, 3.05) is 0 Å². The van der Waals surface area contributed by atoms with E-state index in [4.69, 9.17) is 23.2 Å². The largest absolute Gasteiger partial charge is 0.273 e. The molecule has 0 aliphatic heterocycles. The van der Waals surface area contributed by atoms with Crippen LogP contribution in [0.2, 0.25) is 10.0 Å². The number of amides is 1. The van der Waals surface area contributed by atoms with Crippen LogP contribution in [0, 0.1) is 5.92 Å². The summed E-state index contributed by atoms with van der Waals surface area (Å²) in [4.78, 5) is 11.3. The predicted octanol–water partition coefficient (Wildman–Crippen LogP) is 2.85. The number of carbonyl (C=O) groups excluding carboxylic acids is 1. The first-order valence-corrected chi connectivity index (χ1v) is 5.71. The van der Waals surface area contributed by atoms with E-state index in [1.54, 1.807) is 18.2 Å². The van der Waals surface area contributed by atoms with Crippen LogP contribution in [0.1, 0.15) is 18.4 Å². The first-order valence-electron chi connectivity index (χ1n) is 4.95. The second-order valence-electron chi connectivity index (χ2n) is 3.64. The Morgan fingerprint density at radius 1 is 1.38 bits per heavy atom. The number of hydrogen-bond donors (Lipinski definition) is 1. The Labute approximate surface area is 103 Å². The van der Waals surface area contributed by atoms with E-state index < -0.39 is 0 Å². The highest BCUT2D eigenvalue weighted by molar-refractivity contribution is 6.38. The molecule has 3 nitrogen and oxygen atoms in total. The summed E-state index contributed by atoms with van der Waals surface area (Å²) in [5.74, 6) is 0.0956. The zero-order chi connectivity index (χ0) is 11.5. The number of nitrogens with one attached hydrogen (secondary N) is 1. The molecule has 1 aliphatic rings. The zero-order valence-corrected chi connectivity index (χ0v) is 9.92. The standard InChI is InChI=1S/C11H10Cl2N2O/c12-9-2-1-3-10(13)8(9)6-14-15-11(16)7-4-5-7/h1-3,6-7H,4-5H2,(H,15,16)/b14-6+. The predicted molar refractivity (Wildman–Crippen MR) is 64.9 cm³/mol. The molecule has 0 unspecified atom stereocenters. The van der Waals surface area contributed by atoms with Gasteiger partial charge in [0.25, 0.3) is 0 Å². The van der Waals surface area contributed by atoms with Gasteiger partial charge < -0.3 is 0 Å². The number of benzene rings is 1. The van der Waals surface area contributed by atoms with Crippen molar-refractivity contribution in [2.45, 2.75) is 12.8 Å². The van der Waals surface area contributed by atoms with Gasteiger partial charge in [-0.3, -0.25) is 4.79 Å². The van der Waals surface area contributed by atoms with E-state index in [0.717, 1.165) is 12.8 Å². The Bertz CT molecular complexity index is 421. The van der Waals surface area contributed by atoms with Gasteiger partial charge in [-0.1, -0.05) is 29.3 Å². The SMILES string of the molecule is O=C(N/N=C/c1c(Cl)cccc1Cl)C1CC1. The van der Waals surface area contributed by atoms with Gasteiger partial charge in [-0.2, -0.15) is 5.10 Å². The maximum absolute atomic E-state index is 11.3. The van der Waals surface area contributed by atoms with E-state index in [9.17, 15) is 4.79 Å². The second kappa shape index (κ2) is 4.85. The fraction of sp³-hybridized carbons (Fsp3) is 0.273. The molecule has 1 aromatic rings. The molecule has 0 bridgehead atoms. The van der Waals surface area contributed by atoms with Crippen molar-refractivity contribution in [3.8, 4) is 0 Å². The van der Waals surface area contributed by atoms with Crippen LogP contribution < -0.4 is 5.43 Å². The van der Waals surface area contributed by atoms with Crippen molar-refractivity contribution in [2.24, 2.45) is 11.0 Å². The quantitative estimate of drug-likeness (QED) is 0.656. The third-order valence-electron chi connectivity index (χ3n) is 2.32. The van der Waals surface area contributed by atoms with Crippen LogP contribution in [0.25, 0.3) is 0 Å². The molecule has 0 radical (unpaired) electrons. The molecule has 1 fully saturated rings. The monoisotopic (exact) mass is 256 g/mol. The van der Waals surface area contributed by atoms with Gasteiger partial charge in [-0.25, -0.2) is 5.43 Å². The Kier molecular flexibility index (Phi) is 3.46. The molecule has 0 heterocycles. The molecule has 1 amide bonds. The lowest BCUT2D eigenvalue weighted by Crippen LogP contribution is -2.19. The summed E-state index contributed by atoms with van der Waals surface area (Å²) in [5.41, 5.74) is 3.07. The molecule has 0 atom stereocenters. The van der Waals surface area contributed by atoms with Crippen molar-refractivity contribution in [1.82, 2.24) is 5.43 Å². The number of hydrazone groups is 1. The smallest absolute Gasteiger partial charge is 0.243 e. The molecule has 1 aromatic carbocycles. The van der Waals surface area contributed by atoms with Gasteiger partial charge in [0, 0.05) is 11.5 Å². The minimum atomic E-state index is -0.0422. The van der Waals surface area contributed by atoms with Crippen LogP contribution in [0.4, 0.5) is 0 Å². The highest BCUT2D eigenvalue weighted by atomic mass is 35.5. The highest BCUT2D eigenvalue weighted by Crippen LogP contribution is 2.28. The van der Waals surface area contributed by atoms with E-state index in [0.29, 0.717) is 15.6 Å². The van der Waals surface area contributed by atoms with Gasteiger partial charge in [0.05, 0.1) is 16.3 Å². The average Bonchev–Trinajstić information content (AvgIpc) is 3.05. The normalized spacial score (nSPS) is 15.4. The van der Waals surface area contributed by atoms with E-state index in [1.807, 2.05) is 0 Å². The Hall–Kier alpha value is -1.06. The number of rotatable bonds is 3. The number of nitrogens with zero attached hydrogens (tertiary/aromatic N) is 1. The average molecular weight is 257 g/mol. The maximum atomic E-state index is 11.3. The molecule has 0 spiro atoms. The fourth-order valence-corrected chi connectivity index (χ4v) is 1.73. The lowest BCUT2D eigenvalue weighted by molar-refractivity contribution is -0.122. The first-order chi connectivity index (χ1) is 7.68. The zero-order valence-electron chi connectivity index (χ0n) is 8.41. The summed E-state index contributed by atoms with van der Waals surface area (Å²) in [6, 6.07) is 5.19. The molecule has 0 saturated heterocycles. The summed E-state index contributed by atoms with van der Waals surface area (Å²) in [5, 5.41) is 4.85. The van der Waals surface area contributed by atoms with Gasteiger partial charge in [0.2, 0.25) is 5.91 Å². The summed E-state index contributed by atoms with van der Waals surface area (Å²) < 4.78 is 0. The maximum Gasteiger partial charge on any atom is 0.243 e. The third-order valence-corrected chi connectivity index (χ3v) is 2.98. The molecule has 16 heavy (non-hydrogen) atoms. The van der Waals surface area contributed by atoms with E-state index in [1.165, 1.54) is 6.21 Å². The summed E-state index contributed by atoms with van der Waals surface area (Å²) in [6.07, 6.45) is 3.37. The van der Waals surface area contributed by atoms with Crippen molar-refractivity contribution < 1.29 is 4.79 Å². The van der Waals surface area contributed by atoms with Crippen LogP contribution in [0.5, 0.6) is 0 Å². The van der Waals surface area contributed by atoms with E-state index in [-0.39, 0.29) is 11.8 Å².